The second-order valence-electron chi connectivity index (χ2n) is 3.70. The van der Waals surface area contributed by atoms with Gasteiger partial charge in [0.05, 0.1) is 11.4 Å². The molecule has 0 aliphatic heterocycles. The summed E-state index contributed by atoms with van der Waals surface area (Å²) in [4.78, 5) is 0. The van der Waals surface area contributed by atoms with E-state index in [1.807, 2.05) is 20.0 Å². The summed E-state index contributed by atoms with van der Waals surface area (Å²) in [5, 5.41) is 10.1. The average Bonchev–Trinajstić information content (AvgIpc) is 2.78. The number of rotatable bonds is 3. The minimum atomic E-state index is -0.252. The zero-order valence-electron chi connectivity index (χ0n) is 9.29. The molecule has 3 nitrogen and oxygen atoms in total. The molecule has 1 heterocycles. The fourth-order valence-electron chi connectivity index (χ4n) is 1.52. The van der Waals surface area contributed by atoms with Gasteiger partial charge in [-0.25, -0.2) is 4.39 Å². The molecular weight excluding hydrogens is 205 g/mol. The number of aromatic amines is 1. The van der Waals surface area contributed by atoms with E-state index in [2.05, 4.69) is 15.5 Å². The number of nitrogens with zero attached hydrogens (tertiary/aromatic N) is 1. The molecule has 16 heavy (non-hydrogen) atoms. The molecule has 4 heteroatoms. The zero-order chi connectivity index (χ0) is 11.5. The van der Waals surface area contributed by atoms with Crippen molar-refractivity contribution in [3.63, 3.8) is 0 Å². The van der Waals surface area contributed by atoms with Gasteiger partial charge in [0, 0.05) is 11.6 Å². The van der Waals surface area contributed by atoms with E-state index in [0.29, 0.717) is 11.3 Å². The van der Waals surface area contributed by atoms with Crippen LogP contribution in [0.1, 0.15) is 18.7 Å². The van der Waals surface area contributed by atoms with E-state index >= 15 is 0 Å². The van der Waals surface area contributed by atoms with Crippen LogP contribution in [0.5, 0.6) is 0 Å². The molecule has 84 valence electrons. The molecule has 0 aliphatic rings. The third-order valence-corrected chi connectivity index (χ3v) is 2.65. The number of H-pyrrole nitrogens is 1. The van der Waals surface area contributed by atoms with Crippen molar-refractivity contribution < 1.29 is 4.39 Å². The van der Waals surface area contributed by atoms with Crippen LogP contribution in [0.15, 0.2) is 30.3 Å². The van der Waals surface area contributed by atoms with Crippen molar-refractivity contribution >= 4 is 0 Å². The minimum absolute atomic E-state index is 0.174. The molecule has 0 radical (unpaired) electrons. The summed E-state index contributed by atoms with van der Waals surface area (Å²) in [6, 6.07) is 8.66. The summed E-state index contributed by atoms with van der Waals surface area (Å²) < 4.78 is 13.5. The number of aromatic nitrogens is 2. The van der Waals surface area contributed by atoms with Crippen LogP contribution in [0.3, 0.4) is 0 Å². The van der Waals surface area contributed by atoms with Crippen LogP contribution in [0.2, 0.25) is 0 Å². The molecule has 0 spiro atoms. The van der Waals surface area contributed by atoms with E-state index in [9.17, 15) is 4.39 Å². The van der Waals surface area contributed by atoms with E-state index in [4.69, 9.17) is 0 Å². The topological polar surface area (TPSA) is 40.7 Å². The summed E-state index contributed by atoms with van der Waals surface area (Å²) in [6.45, 7) is 2.01. The van der Waals surface area contributed by atoms with E-state index in [0.717, 1.165) is 5.69 Å². The Bertz CT molecular complexity index is 479. The first kappa shape index (κ1) is 10.8. The Morgan fingerprint density at radius 3 is 2.81 bits per heavy atom. The third kappa shape index (κ3) is 1.97. The molecule has 0 fully saturated rings. The van der Waals surface area contributed by atoms with Gasteiger partial charge >= 0.3 is 0 Å². The van der Waals surface area contributed by atoms with Crippen LogP contribution in [-0.2, 0) is 0 Å². The van der Waals surface area contributed by atoms with Crippen LogP contribution in [0.4, 0.5) is 4.39 Å². The lowest BCUT2D eigenvalue weighted by atomic mass is 10.1. The maximum Gasteiger partial charge on any atom is 0.132 e. The normalized spacial score (nSPS) is 12.7. The van der Waals surface area contributed by atoms with Gasteiger partial charge in [-0.3, -0.25) is 5.10 Å². The van der Waals surface area contributed by atoms with Gasteiger partial charge in [-0.05, 0) is 32.2 Å². The van der Waals surface area contributed by atoms with Crippen molar-refractivity contribution in [2.45, 2.75) is 13.0 Å². The largest absolute Gasteiger partial charge is 0.312 e. The van der Waals surface area contributed by atoms with Crippen LogP contribution in [0, 0.1) is 5.82 Å². The third-order valence-electron chi connectivity index (χ3n) is 2.65. The average molecular weight is 219 g/mol. The molecule has 0 bridgehead atoms. The zero-order valence-corrected chi connectivity index (χ0v) is 9.29. The first-order valence-corrected chi connectivity index (χ1v) is 5.20. The molecule has 0 saturated carbocycles. The molecule has 2 aromatic rings. The molecular formula is C12H14FN3. The summed E-state index contributed by atoms with van der Waals surface area (Å²) in [5.41, 5.74) is 2.10. The van der Waals surface area contributed by atoms with Crippen LogP contribution in [0.25, 0.3) is 11.3 Å². The molecule has 2 N–H and O–H groups in total. The lowest BCUT2D eigenvalue weighted by Gasteiger charge is -2.05. The van der Waals surface area contributed by atoms with E-state index < -0.39 is 0 Å². The van der Waals surface area contributed by atoms with Gasteiger partial charge in [0.15, 0.2) is 0 Å². The van der Waals surface area contributed by atoms with Crippen molar-refractivity contribution in [3.05, 3.63) is 41.8 Å². The highest BCUT2D eigenvalue weighted by Gasteiger charge is 2.10. The summed E-state index contributed by atoms with van der Waals surface area (Å²) in [6.07, 6.45) is 0. The Hall–Kier alpha value is -1.68. The smallest absolute Gasteiger partial charge is 0.132 e. The van der Waals surface area contributed by atoms with Crippen LogP contribution in [-0.4, -0.2) is 17.2 Å². The van der Waals surface area contributed by atoms with Crippen molar-refractivity contribution in [2.75, 3.05) is 7.05 Å². The van der Waals surface area contributed by atoms with Crippen molar-refractivity contribution in [3.8, 4) is 11.3 Å². The molecule has 1 aromatic carbocycles. The molecule has 1 unspecified atom stereocenters. The number of benzene rings is 1. The standard InChI is InChI=1S/C12H14FN3/c1-8(14-2)11-7-12(16-15-11)9-5-3-4-6-10(9)13/h3-8,14H,1-2H3,(H,15,16). The minimum Gasteiger partial charge on any atom is -0.312 e. The van der Waals surface area contributed by atoms with E-state index in [1.54, 1.807) is 18.2 Å². The van der Waals surface area contributed by atoms with Gasteiger partial charge in [0.1, 0.15) is 5.82 Å². The number of hydrogen-bond donors (Lipinski definition) is 2. The molecule has 0 amide bonds. The molecule has 1 aromatic heterocycles. The Kier molecular flexibility index (Phi) is 3.01. The predicted molar refractivity (Wildman–Crippen MR) is 61.5 cm³/mol. The molecule has 0 saturated heterocycles. The highest BCUT2D eigenvalue weighted by molar-refractivity contribution is 5.60. The second-order valence-corrected chi connectivity index (χ2v) is 3.70. The number of halogens is 1. The first-order valence-electron chi connectivity index (χ1n) is 5.20. The van der Waals surface area contributed by atoms with Crippen molar-refractivity contribution in [1.29, 1.82) is 0 Å². The summed E-state index contributed by atoms with van der Waals surface area (Å²) in [5.74, 6) is -0.252. The van der Waals surface area contributed by atoms with Gasteiger partial charge in [0.2, 0.25) is 0 Å². The summed E-state index contributed by atoms with van der Waals surface area (Å²) in [7, 11) is 1.87. The van der Waals surface area contributed by atoms with Crippen molar-refractivity contribution in [1.82, 2.24) is 15.5 Å². The maximum absolute atomic E-state index is 13.5. The Morgan fingerprint density at radius 1 is 1.38 bits per heavy atom. The molecule has 1 atom stereocenters. The van der Waals surface area contributed by atoms with Crippen molar-refractivity contribution in [2.24, 2.45) is 0 Å². The molecule has 2 rings (SSSR count). The maximum atomic E-state index is 13.5. The summed E-state index contributed by atoms with van der Waals surface area (Å²) >= 11 is 0. The van der Waals surface area contributed by atoms with Crippen LogP contribution >= 0.6 is 0 Å². The number of nitrogens with one attached hydrogen (secondary N) is 2. The SMILES string of the molecule is CNC(C)c1cc(-c2ccccc2F)n[nH]1. The predicted octanol–water partition coefficient (Wildman–Crippen LogP) is 2.50. The Labute approximate surface area is 93.7 Å². The lowest BCUT2D eigenvalue weighted by molar-refractivity contribution is 0.629. The monoisotopic (exact) mass is 219 g/mol. The van der Waals surface area contributed by atoms with E-state index in [1.165, 1.54) is 6.07 Å². The Balaban J connectivity index is 2.35. The quantitative estimate of drug-likeness (QED) is 0.832. The molecule has 0 aliphatic carbocycles. The second kappa shape index (κ2) is 4.45. The van der Waals surface area contributed by atoms with Gasteiger partial charge in [-0.2, -0.15) is 5.10 Å². The fourth-order valence-corrected chi connectivity index (χ4v) is 1.52. The lowest BCUT2D eigenvalue weighted by Crippen LogP contribution is -2.12. The Morgan fingerprint density at radius 2 is 2.12 bits per heavy atom. The van der Waals surface area contributed by atoms with Gasteiger partial charge in [-0.15, -0.1) is 0 Å². The highest BCUT2D eigenvalue weighted by Crippen LogP contribution is 2.22. The highest BCUT2D eigenvalue weighted by atomic mass is 19.1. The van der Waals surface area contributed by atoms with Gasteiger partial charge in [-0.1, -0.05) is 12.1 Å². The van der Waals surface area contributed by atoms with Gasteiger partial charge in [0.25, 0.3) is 0 Å². The van der Waals surface area contributed by atoms with Gasteiger partial charge < -0.3 is 5.32 Å². The fraction of sp³-hybridized carbons (Fsp3) is 0.250. The first-order chi connectivity index (χ1) is 7.72. The van der Waals surface area contributed by atoms with E-state index in [-0.39, 0.29) is 11.9 Å². The number of hydrogen-bond acceptors (Lipinski definition) is 2. The van der Waals surface area contributed by atoms with Crippen LogP contribution < -0.4 is 5.32 Å².